The zero-order valence-electron chi connectivity index (χ0n) is 10.2. The number of aromatic nitrogens is 2. The number of rotatable bonds is 4. The number of aliphatic hydroxyl groups is 1. The largest absolute Gasteiger partial charge is 0.480 e. The quantitative estimate of drug-likeness (QED) is 0.709. The molecule has 100 valence electrons. The number of aryl methyl sites for hydroxylation is 1. The lowest BCUT2D eigenvalue weighted by atomic mass is 10.2. The Bertz CT molecular complexity index is 635. The Balaban J connectivity index is 2.36. The number of carbonyl (C=O) groups is 2. The van der Waals surface area contributed by atoms with Crippen molar-refractivity contribution >= 4 is 17.5 Å². The number of imidazole rings is 1. The number of carbonyl (C=O) groups excluding carboxylic acids is 1. The van der Waals surface area contributed by atoms with Crippen LogP contribution in [0.1, 0.15) is 16.2 Å². The van der Waals surface area contributed by atoms with Gasteiger partial charge in [0.05, 0.1) is 12.3 Å². The fourth-order valence-electron chi connectivity index (χ4n) is 1.80. The van der Waals surface area contributed by atoms with Crippen molar-refractivity contribution in [3.63, 3.8) is 0 Å². The number of aliphatic carboxylic acids is 1. The van der Waals surface area contributed by atoms with Crippen LogP contribution < -0.4 is 5.32 Å². The van der Waals surface area contributed by atoms with Gasteiger partial charge in [-0.1, -0.05) is 6.07 Å². The molecule has 0 bridgehead atoms. The normalized spacial score (nSPS) is 12.3. The third kappa shape index (κ3) is 2.41. The summed E-state index contributed by atoms with van der Waals surface area (Å²) in [4.78, 5) is 27.1. The van der Waals surface area contributed by atoms with E-state index in [0.717, 1.165) is 0 Å². The van der Waals surface area contributed by atoms with Gasteiger partial charge in [-0.15, -0.1) is 0 Å². The highest BCUT2D eigenvalue weighted by atomic mass is 16.4. The van der Waals surface area contributed by atoms with Gasteiger partial charge in [0.25, 0.3) is 5.91 Å². The van der Waals surface area contributed by atoms with E-state index in [9.17, 15) is 9.59 Å². The lowest BCUT2D eigenvalue weighted by Crippen LogP contribution is -2.43. The van der Waals surface area contributed by atoms with Gasteiger partial charge in [-0.25, -0.2) is 9.78 Å². The van der Waals surface area contributed by atoms with Gasteiger partial charge in [0.15, 0.2) is 6.04 Å². The number of hydrogen-bond acceptors (Lipinski definition) is 4. The molecule has 0 aliphatic carbocycles. The van der Waals surface area contributed by atoms with Crippen molar-refractivity contribution in [1.29, 1.82) is 0 Å². The number of nitrogens with zero attached hydrogens (tertiary/aromatic N) is 2. The second-order valence-electron chi connectivity index (χ2n) is 4.02. The molecule has 2 aromatic rings. The lowest BCUT2D eigenvalue weighted by molar-refractivity contribution is -0.140. The number of nitrogens with one attached hydrogen (secondary N) is 1. The topological polar surface area (TPSA) is 104 Å². The highest BCUT2D eigenvalue weighted by Gasteiger charge is 2.23. The predicted molar refractivity (Wildman–Crippen MR) is 65.9 cm³/mol. The molecule has 7 nitrogen and oxygen atoms in total. The van der Waals surface area contributed by atoms with E-state index in [1.807, 2.05) is 0 Å². The maximum absolute atomic E-state index is 12.1. The molecule has 19 heavy (non-hydrogen) atoms. The lowest BCUT2D eigenvalue weighted by Gasteiger charge is -2.11. The standard InChI is InChI=1S/C12H13N3O4/c1-7-10(11(17)14-8(6-16)12(18)19)15-5-3-2-4-9(15)13-7/h2-5,8,16H,6H2,1H3,(H,14,17)(H,18,19). The van der Waals surface area contributed by atoms with Crippen molar-refractivity contribution in [3.8, 4) is 0 Å². The number of carboxylic acids is 1. The number of carboxylic acid groups (broad SMARTS) is 1. The minimum absolute atomic E-state index is 0.260. The molecule has 1 unspecified atom stereocenters. The molecular weight excluding hydrogens is 250 g/mol. The number of aliphatic hydroxyl groups excluding tert-OH is 1. The number of hydrogen-bond donors (Lipinski definition) is 3. The van der Waals surface area contributed by atoms with Gasteiger partial charge in [0.2, 0.25) is 0 Å². The zero-order valence-corrected chi connectivity index (χ0v) is 10.2. The molecule has 0 spiro atoms. The van der Waals surface area contributed by atoms with Crippen LogP contribution in [-0.2, 0) is 4.79 Å². The first-order valence-corrected chi connectivity index (χ1v) is 5.62. The summed E-state index contributed by atoms with van der Waals surface area (Å²) in [5, 5.41) is 20.0. The third-order valence-electron chi connectivity index (χ3n) is 2.71. The van der Waals surface area contributed by atoms with E-state index < -0.39 is 24.5 Å². The Labute approximate surface area is 108 Å². The molecule has 1 atom stereocenters. The van der Waals surface area contributed by atoms with Crippen molar-refractivity contribution in [2.75, 3.05) is 6.61 Å². The molecule has 0 aliphatic heterocycles. The molecule has 0 radical (unpaired) electrons. The Morgan fingerprint density at radius 3 is 2.84 bits per heavy atom. The van der Waals surface area contributed by atoms with Crippen molar-refractivity contribution in [2.45, 2.75) is 13.0 Å². The fraction of sp³-hybridized carbons (Fsp3) is 0.250. The Morgan fingerprint density at radius 2 is 2.21 bits per heavy atom. The van der Waals surface area contributed by atoms with Gasteiger partial charge in [-0.2, -0.15) is 0 Å². The van der Waals surface area contributed by atoms with E-state index in [-0.39, 0.29) is 5.69 Å². The van der Waals surface area contributed by atoms with Gasteiger partial charge in [0, 0.05) is 6.20 Å². The molecule has 2 aromatic heterocycles. The Kier molecular flexibility index (Phi) is 3.48. The smallest absolute Gasteiger partial charge is 0.328 e. The summed E-state index contributed by atoms with van der Waals surface area (Å²) in [6.45, 7) is 0.994. The van der Waals surface area contributed by atoms with Gasteiger partial charge >= 0.3 is 5.97 Å². The van der Waals surface area contributed by atoms with Gasteiger partial charge in [-0.3, -0.25) is 9.20 Å². The van der Waals surface area contributed by atoms with E-state index in [0.29, 0.717) is 11.3 Å². The summed E-state index contributed by atoms with van der Waals surface area (Å²) in [6.07, 6.45) is 1.67. The Morgan fingerprint density at radius 1 is 1.47 bits per heavy atom. The average molecular weight is 263 g/mol. The second-order valence-corrected chi connectivity index (χ2v) is 4.02. The fourth-order valence-corrected chi connectivity index (χ4v) is 1.80. The van der Waals surface area contributed by atoms with Crippen LogP contribution in [0.4, 0.5) is 0 Å². The van der Waals surface area contributed by atoms with Crippen LogP contribution in [0.25, 0.3) is 5.65 Å². The number of fused-ring (bicyclic) bond motifs is 1. The predicted octanol–water partition coefficient (Wildman–Crippen LogP) is -0.182. The summed E-state index contributed by atoms with van der Waals surface area (Å²) in [5.74, 6) is -1.88. The first kappa shape index (κ1) is 13.0. The van der Waals surface area contributed by atoms with Crippen LogP contribution in [0, 0.1) is 6.92 Å². The molecule has 0 fully saturated rings. The van der Waals surface area contributed by atoms with Gasteiger partial charge < -0.3 is 15.5 Å². The molecule has 3 N–H and O–H groups in total. The third-order valence-corrected chi connectivity index (χ3v) is 2.71. The minimum atomic E-state index is -1.33. The molecule has 0 aromatic carbocycles. The molecule has 2 rings (SSSR count). The Hall–Kier alpha value is -2.41. The first-order valence-electron chi connectivity index (χ1n) is 5.62. The van der Waals surface area contributed by atoms with Crippen LogP contribution in [0.2, 0.25) is 0 Å². The first-order chi connectivity index (χ1) is 9.04. The highest BCUT2D eigenvalue weighted by Crippen LogP contribution is 2.11. The summed E-state index contributed by atoms with van der Waals surface area (Å²) in [5.41, 5.74) is 1.35. The van der Waals surface area contributed by atoms with Crippen molar-refractivity contribution < 1.29 is 19.8 Å². The van der Waals surface area contributed by atoms with Crippen LogP contribution in [-0.4, -0.2) is 44.1 Å². The molecule has 0 saturated heterocycles. The maximum atomic E-state index is 12.1. The monoisotopic (exact) mass is 263 g/mol. The highest BCUT2D eigenvalue weighted by molar-refractivity contribution is 5.97. The van der Waals surface area contributed by atoms with E-state index in [1.165, 1.54) is 0 Å². The minimum Gasteiger partial charge on any atom is -0.480 e. The van der Waals surface area contributed by atoms with Crippen molar-refractivity contribution in [1.82, 2.24) is 14.7 Å². The van der Waals surface area contributed by atoms with E-state index in [1.54, 1.807) is 35.7 Å². The molecule has 1 amide bonds. The van der Waals surface area contributed by atoms with Crippen molar-refractivity contribution in [2.24, 2.45) is 0 Å². The van der Waals surface area contributed by atoms with Gasteiger partial charge in [-0.05, 0) is 19.1 Å². The SMILES string of the molecule is Cc1nc2ccccn2c1C(=O)NC(CO)C(=O)O. The molecular formula is C12H13N3O4. The van der Waals surface area contributed by atoms with E-state index in [2.05, 4.69) is 10.3 Å². The number of pyridine rings is 1. The van der Waals surface area contributed by atoms with E-state index >= 15 is 0 Å². The van der Waals surface area contributed by atoms with Crippen molar-refractivity contribution in [3.05, 3.63) is 35.8 Å². The zero-order chi connectivity index (χ0) is 14.0. The summed E-state index contributed by atoms with van der Waals surface area (Å²) in [7, 11) is 0. The van der Waals surface area contributed by atoms with Gasteiger partial charge in [0.1, 0.15) is 11.3 Å². The average Bonchev–Trinajstić information content (AvgIpc) is 2.71. The molecule has 7 heteroatoms. The maximum Gasteiger partial charge on any atom is 0.328 e. The van der Waals surface area contributed by atoms with Crippen LogP contribution in [0.15, 0.2) is 24.4 Å². The summed E-state index contributed by atoms with van der Waals surface area (Å²) < 4.78 is 1.57. The van der Waals surface area contributed by atoms with Crippen LogP contribution >= 0.6 is 0 Å². The second kappa shape index (κ2) is 5.07. The molecule has 0 aliphatic rings. The van der Waals surface area contributed by atoms with Crippen LogP contribution in [0.5, 0.6) is 0 Å². The molecule has 2 heterocycles. The summed E-state index contributed by atoms with van der Waals surface area (Å²) in [6, 6.07) is 3.94. The molecule has 0 saturated carbocycles. The summed E-state index contributed by atoms with van der Waals surface area (Å²) >= 11 is 0. The van der Waals surface area contributed by atoms with E-state index in [4.69, 9.17) is 10.2 Å². The van der Waals surface area contributed by atoms with Crippen LogP contribution in [0.3, 0.4) is 0 Å². The number of amides is 1.